The summed E-state index contributed by atoms with van der Waals surface area (Å²) in [5.74, 6) is 0.789. The lowest BCUT2D eigenvalue weighted by Gasteiger charge is -2.34. The minimum Gasteiger partial charge on any atom is -0.390 e. The van der Waals surface area contributed by atoms with Crippen molar-refractivity contribution >= 4 is 27.3 Å². The van der Waals surface area contributed by atoms with Crippen LogP contribution in [-0.2, 0) is 6.42 Å². The fraction of sp³-hybridized carbons (Fsp3) is 0.667. The van der Waals surface area contributed by atoms with Gasteiger partial charge in [0.05, 0.1) is 5.60 Å². The lowest BCUT2D eigenvalue weighted by atomic mass is 9.78. The Balaban J connectivity index is 2.02. The second kappa shape index (κ2) is 4.56. The third kappa shape index (κ3) is 2.83. The zero-order chi connectivity index (χ0) is 10.9. The van der Waals surface area contributed by atoms with Crippen LogP contribution in [0.25, 0.3) is 0 Å². The SMILES string of the molecule is CC1CCC(O)(Cc2sccc2Br)CC1. The van der Waals surface area contributed by atoms with Crippen LogP contribution in [0.5, 0.6) is 0 Å². The molecule has 1 aromatic heterocycles. The Kier molecular flexibility index (Phi) is 3.53. The van der Waals surface area contributed by atoms with Crippen molar-refractivity contribution in [1.82, 2.24) is 0 Å². The maximum absolute atomic E-state index is 10.5. The van der Waals surface area contributed by atoms with E-state index in [1.807, 2.05) is 0 Å². The van der Waals surface area contributed by atoms with E-state index in [0.717, 1.165) is 29.7 Å². The van der Waals surface area contributed by atoms with Crippen LogP contribution >= 0.6 is 27.3 Å². The van der Waals surface area contributed by atoms with Crippen LogP contribution in [0.4, 0.5) is 0 Å². The first-order valence-electron chi connectivity index (χ1n) is 5.53. The Morgan fingerprint density at radius 1 is 1.53 bits per heavy atom. The van der Waals surface area contributed by atoms with Gasteiger partial charge in [0.2, 0.25) is 0 Å². The molecule has 2 rings (SSSR count). The average Bonchev–Trinajstić information content (AvgIpc) is 2.58. The Morgan fingerprint density at radius 3 is 2.73 bits per heavy atom. The summed E-state index contributed by atoms with van der Waals surface area (Å²) < 4.78 is 1.15. The van der Waals surface area contributed by atoms with Crippen molar-refractivity contribution in [2.45, 2.75) is 44.6 Å². The van der Waals surface area contributed by atoms with Crippen molar-refractivity contribution in [3.05, 3.63) is 20.8 Å². The van der Waals surface area contributed by atoms with Crippen molar-refractivity contribution in [3.63, 3.8) is 0 Å². The van der Waals surface area contributed by atoms with Gasteiger partial charge in [-0.3, -0.25) is 0 Å². The maximum Gasteiger partial charge on any atom is 0.0696 e. The highest BCUT2D eigenvalue weighted by atomic mass is 79.9. The molecule has 84 valence electrons. The minimum absolute atomic E-state index is 0.445. The van der Waals surface area contributed by atoms with Gasteiger partial charge >= 0.3 is 0 Å². The number of hydrogen-bond donors (Lipinski definition) is 1. The van der Waals surface area contributed by atoms with Crippen LogP contribution in [0, 0.1) is 5.92 Å². The molecule has 0 saturated heterocycles. The lowest BCUT2D eigenvalue weighted by Crippen LogP contribution is -2.35. The minimum atomic E-state index is -0.445. The Hall–Kier alpha value is 0.140. The molecule has 1 aromatic rings. The smallest absolute Gasteiger partial charge is 0.0696 e. The quantitative estimate of drug-likeness (QED) is 0.872. The van der Waals surface area contributed by atoms with E-state index in [0.29, 0.717) is 0 Å². The van der Waals surface area contributed by atoms with E-state index in [-0.39, 0.29) is 0 Å². The highest BCUT2D eigenvalue weighted by molar-refractivity contribution is 9.10. The van der Waals surface area contributed by atoms with Gasteiger partial charge in [0, 0.05) is 15.8 Å². The standard InChI is InChI=1S/C12H17BrOS/c1-9-2-5-12(14,6-3-9)8-11-10(13)4-7-15-11/h4,7,9,14H,2-3,5-6,8H2,1H3. The number of thiophene rings is 1. The number of halogens is 1. The number of aliphatic hydroxyl groups is 1. The van der Waals surface area contributed by atoms with Gasteiger partial charge in [0.25, 0.3) is 0 Å². The van der Waals surface area contributed by atoms with Gasteiger partial charge in [0.1, 0.15) is 0 Å². The van der Waals surface area contributed by atoms with Gasteiger partial charge < -0.3 is 5.11 Å². The molecule has 1 N–H and O–H groups in total. The normalized spacial score (nSPS) is 31.8. The fourth-order valence-corrected chi connectivity index (χ4v) is 3.86. The largest absolute Gasteiger partial charge is 0.390 e. The Labute approximate surface area is 104 Å². The molecule has 15 heavy (non-hydrogen) atoms. The second-order valence-corrected chi connectivity index (χ2v) is 6.63. The molecular formula is C12H17BrOS. The third-order valence-corrected chi connectivity index (χ3v) is 5.31. The molecular weight excluding hydrogens is 272 g/mol. The Morgan fingerprint density at radius 2 is 2.20 bits per heavy atom. The molecule has 0 spiro atoms. The molecule has 1 nitrogen and oxygen atoms in total. The molecule has 1 aliphatic carbocycles. The van der Waals surface area contributed by atoms with Crippen molar-refractivity contribution in [2.75, 3.05) is 0 Å². The highest BCUT2D eigenvalue weighted by Gasteiger charge is 2.32. The first-order valence-corrected chi connectivity index (χ1v) is 7.21. The van der Waals surface area contributed by atoms with Gasteiger partial charge in [-0.1, -0.05) is 6.92 Å². The zero-order valence-electron chi connectivity index (χ0n) is 9.00. The van der Waals surface area contributed by atoms with Gasteiger partial charge in [-0.05, 0) is 59.0 Å². The second-order valence-electron chi connectivity index (χ2n) is 4.78. The van der Waals surface area contributed by atoms with Crippen LogP contribution in [-0.4, -0.2) is 10.7 Å². The molecule has 1 saturated carbocycles. The van der Waals surface area contributed by atoms with Gasteiger partial charge in [-0.25, -0.2) is 0 Å². The number of rotatable bonds is 2. The van der Waals surface area contributed by atoms with E-state index < -0.39 is 5.60 Å². The monoisotopic (exact) mass is 288 g/mol. The summed E-state index contributed by atoms with van der Waals surface area (Å²) in [5.41, 5.74) is -0.445. The van der Waals surface area contributed by atoms with Gasteiger partial charge in [-0.15, -0.1) is 11.3 Å². The van der Waals surface area contributed by atoms with E-state index in [1.165, 1.54) is 17.7 Å². The van der Waals surface area contributed by atoms with Crippen LogP contribution in [0.3, 0.4) is 0 Å². The fourth-order valence-electron chi connectivity index (χ4n) is 2.23. The predicted octanol–water partition coefficient (Wildman–Crippen LogP) is 3.99. The first-order chi connectivity index (χ1) is 7.09. The van der Waals surface area contributed by atoms with Crippen molar-refractivity contribution in [3.8, 4) is 0 Å². The van der Waals surface area contributed by atoms with Crippen LogP contribution in [0.2, 0.25) is 0 Å². The molecule has 0 atom stereocenters. The van der Waals surface area contributed by atoms with Crippen molar-refractivity contribution < 1.29 is 5.11 Å². The molecule has 3 heteroatoms. The molecule has 1 aliphatic rings. The molecule has 1 heterocycles. The molecule has 0 unspecified atom stereocenters. The summed E-state index contributed by atoms with van der Waals surface area (Å²) in [6.45, 7) is 2.28. The average molecular weight is 289 g/mol. The van der Waals surface area contributed by atoms with Crippen LogP contribution < -0.4 is 0 Å². The summed E-state index contributed by atoms with van der Waals surface area (Å²) in [7, 11) is 0. The zero-order valence-corrected chi connectivity index (χ0v) is 11.4. The Bertz CT molecular complexity index is 326. The summed E-state index contributed by atoms with van der Waals surface area (Å²) in [5, 5.41) is 12.5. The molecule has 0 bridgehead atoms. The van der Waals surface area contributed by atoms with Gasteiger partial charge in [0.15, 0.2) is 0 Å². The summed E-state index contributed by atoms with van der Waals surface area (Å²) in [6.07, 6.45) is 5.06. The van der Waals surface area contributed by atoms with E-state index in [4.69, 9.17) is 0 Å². The lowest BCUT2D eigenvalue weighted by molar-refractivity contribution is -0.00613. The van der Waals surface area contributed by atoms with Crippen molar-refractivity contribution in [1.29, 1.82) is 0 Å². The molecule has 0 aromatic carbocycles. The molecule has 1 fully saturated rings. The molecule has 0 aliphatic heterocycles. The van der Waals surface area contributed by atoms with E-state index in [1.54, 1.807) is 11.3 Å². The van der Waals surface area contributed by atoms with Crippen LogP contribution in [0.1, 0.15) is 37.5 Å². The van der Waals surface area contributed by atoms with Crippen molar-refractivity contribution in [2.24, 2.45) is 5.92 Å². The summed E-state index contributed by atoms with van der Waals surface area (Å²) in [6, 6.07) is 2.06. The topological polar surface area (TPSA) is 20.2 Å². The number of hydrogen-bond acceptors (Lipinski definition) is 2. The molecule has 0 amide bonds. The predicted molar refractivity (Wildman–Crippen MR) is 68.3 cm³/mol. The van der Waals surface area contributed by atoms with E-state index in [9.17, 15) is 5.11 Å². The van der Waals surface area contributed by atoms with E-state index in [2.05, 4.69) is 34.3 Å². The third-order valence-electron chi connectivity index (χ3n) is 3.39. The summed E-state index contributed by atoms with van der Waals surface area (Å²) in [4.78, 5) is 1.28. The van der Waals surface area contributed by atoms with E-state index >= 15 is 0 Å². The van der Waals surface area contributed by atoms with Crippen LogP contribution in [0.15, 0.2) is 15.9 Å². The highest BCUT2D eigenvalue weighted by Crippen LogP contribution is 2.36. The maximum atomic E-state index is 10.5. The first kappa shape index (κ1) is 11.6. The summed E-state index contributed by atoms with van der Waals surface area (Å²) >= 11 is 5.26. The molecule has 0 radical (unpaired) electrons. The van der Waals surface area contributed by atoms with Gasteiger partial charge in [-0.2, -0.15) is 0 Å².